The van der Waals surface area contributed by atoms with Crippen LogP contribution in [0.5, 0.6) is 0 Å². The molecule has 0 unspecified atom stereocenters. The maximum atomic E-state index is 12.9. The number of halogens is 1. The predicted octanol–water partition coefficient (Wildman–Crippen LogP) is 2.66. The van der Waals surface area contributed by atoms with Gasteiger partial charge in [-0.3, -0.25) is 14.5 Å². The molecule has 32 heavy (non-hydrogen) atoms. The number of piperazine rings is 1. The molecular formula is C25H33FN4O2. The van der Waals surface area contributed by atoms with Crippen LogP contribution in [0.2, 0.25) is 0 Å². The molecule has 0 aromatic heterocycles. The average molecular weight is 441 g/mol. The Balaban J connectivity index is 1.19. The topological polar surface area (TPSA) is 64.7 Å². The Morgan fingerprint density at radius 3 is 2.19 bits per heavy atom. The van der Waals surface area contributed by atoms with E-state index in [1.807, 2.05) is 6.07 Å². The molecule has 0 atom stereocenters. The van der Waals surface area contributed by atoms with E-state index in [0.717, 1.165) is 45.7 Å². The minimum atomic E-state index is -0.372. The summed E-state index contributed by atoms with van der Waals surface area (Å²) in [6, 6.07) is 16.0. The molecule has 0 radical (unpaired) electrons. The van der Waals surface area contributed by atoms with E-state index in [0.29, 0.717) is 31.5 Å². The SMILES string of the molecule is O=C(CCCNC(=O)c1ccc(F)cc1)NCCCN1CCN(Cc2ccccc2)CC1. The van der Waals surface area contributed by atoms with Crippen molar-refractivity contribution in [2.24, 2.45) is 0 Å². The number of benzene rings is 2. The Morgan fingerprint density at radius 1 is 0.812 bits per heavy atom. The lowest BCUT2D eigenvalue weighted by Crippen LogP contribution is -2.46. The number of nitrogens with one attached hydrogen (secondary N) is 2. The van der Waals surface area contributed by atoms with Crippen LogP contribution in [0.3, 0.4) is 0 Å². The first-order valence-corrected chi connectivity index (χ1v) is 11.4. The van der Waals surface area contributed by atoms with E-state index in [4.69, 9.17) is 0 Å². The van der Waals surface area contributed by atoms with Crippen LogP contribution in [-0.2, 0) is 11.3 Å². The van der Waals surface area contributed by atoms with Gasteiger partial charge in [0.05, 0.1) is 0 Å². The summed E-state index contributed by atoms with van der Waals surface area (Å²) in [6.45, 7) is 7.36. The van der Waals surface area contributed by atoms with Gasteiger partial charge in [0.2, 0.25) is 5.91 Å². The number of rotatable bonds is 11. The Labute approximate surface area is 189 Å². The largest absolute Gasteiger partial charge is 0.356 e. The smallest absolute Gasteiger partial charge is 0.251 e. The molecule has 2 amide bonds. The Kier molecular flexibility index (Phi) is 9.65. The van der Waals surface area contributed by atoms with Gasteiger partial charge in [0.15, 0.2) is 0 Å². The highest BCUT2D eigenvalue weighted by molar-refractivity contribution is 5.94. The monoisotopic (exact) mass is 440 g/mol. The maximum Gasteiger partial charge on any atom is 0.251 e. The van der Waals surface area contributed by atoms with Gasteiger partial charge in [-0.25, -0.2) is 4.39 Å². The Morgan fingerprint density at radius 2 is 1.47 bits per heavy atom. The number of carbonyl (C=O) groups is 2. The van der Waals surface area contributed by atoms with Gasteiger partial charge in [-0.2, -0.15) is 0 Å². The van der Waals surface area contributed by atoms with E-state index in [-0.39, 0.29) is 17.6 Å². The lowest BCUT2D eigenvalue weighted by molar-refractivity contribution is -0.121. The van der Waals surface area contributed by atoms with E-state index in [1.165, 1.54) is 29.8 Å². The summed E-state index contributed by atoms with van der Waals surface area (Å²) >= 11 is 0. The van der Waals surface area contributed by atoms with Crippen molar-refractivity contribution < 1.29 is 14.0 Å². The molecule has 1 heterocycles. The highest BCUT2D eigenvalue weighted by Crippen LogP contribution is 2.08. The summed E-state index contributed by atoms with van der Waals surface area (Å²) in [7, 11) is 0. The fraction of sp³-hybridized carbons (Fsp3) is 0.440. The number of hydrogen-bond donors (Lipinski definition) is 2. The molecule has 0 saturated carbocycles. The zero-order chi connectivity index (χ0) is 22.6. The van der Waals surface area contributed by atoms with Gasteiger partial charge in [0.25, 0.3) is 5.91 Å². The van der Waals surface area contributed by atoms with Crippen LogP contribution in [0.1, 0.15) is 35.2 Å². The molecule has 1 fully saturated rings. The summed E-state index contributed by atoms with van der Waals surface area (Å²) in [4.78, 5) is 28.9. The number of amides is 2. The van der Waals surface area contributed by atoms with Gasteiger partial charge in [-0.05, 0) is 49.2 Å². The molecule has 2 aromatic rings. The molecule has 6 nitrogen and oxygen atoms in total. The van der Waals surface area contributed by atoms with Crippen LogP contribution in [-0.4, -0.2) is 67.4 Å². The Hall–Kier alpha value is -2.77. The van der Waals surface area contributed by atoms with Crippen LogP contribution in [0.15, 0.2) is 54.6 Å². The van der Waals surface area contributed by atoms with Gasteiger partial charge in [-0.1, -0.05) is 30.3 Å². The first-order chi connectivity index (χ1) is 15.6. The van der Waals surface area contributed by atoms with E-state index in [1.54, 1.807) is 0 Å². The average Bonchev–Trinajstić information content (AvgIpc) is 2.81. The highest BCUT2D eigenvalue weighted by atomic mass is 19.1. The zero-order valence-corrected chi connectivity index (χ0v) is 18.6. The summed E-state index contributed by atoms with van der Waals surface area (Å²) in [5, 5.41) is 5.71. The molecule has 2 N–H and O–H groups in total. The van der Waals surface area contributed by atoms with E-state index >= 15 is 0 Å². The van der Waals surface area contributed by atoms with E-state index < -0.39 is 0 Å². The second-order valence-corrected chi connectivity index (χ2v) is 8.17. The lowest BCUT2D eigenvalue weighted by Gasteiger charge is -2.34. The van der Waals surface area contributed by atoms with Crippen molar-refractivity contribution in [1.82, 2.24) is 20.4 Å². The minimum absolute atomic E-state index is 0.00807. The van der Waals surface area contributed by atoms with Crippen LogP contribution >= 0.6 is 0 Å². The number of hydrogen-bond acceptors (Lipinski definition) is 4. The zero-order valence-electron chi connectivity index (χ0n) is 18.6. The fourth-order valence-electron chi connectivity index (χ4n) is 3.79. The van der Waals surface area contributed by atoms with Crippen molar-refractivity contribution in [3.8, 4) is 0 Å². The van der Waals surface area contributed by atoms with Crippen LogP contribution in [0.4, 0.5) is 4.39 Å². The van der Waals surface area contributed by atoms with E-state index in [9.17, 15) is 14.0 Å². The van der Waals surface area contributed by atoms with Gasteiger partial charge >= 0.3 is 0 Å². The number of carbonyl (C=O) groups excluding carboxylic acids is 2. The maximum absolute atomic E-state index is 12.9. The van der Waals surface area contributed by atoms with Gasteiger partial charge < -0.3 is 15.5 Å². The summed E-state index contributed by atoms with van der Waals surface area (Å²) in [5.41, 5.74) is 1.77. The van der Waals surface area contributed by atoms with Crippen molar-refractivity contribution >= 4 is 11.8 Å². The molecule has 3 rings (SSSR count). The molecular weight excluding hydrogens is 407 g/mol. The third-order valence-corrected chi connectivity index (χ3v) is 5.66. The molecule has 1 aliphatic heterocycles. The quantitative estimate of drug-likeness (QED) is 0.528. The van der Waals surface area contributed by atoms with Crippen molar-refractivity contribution in [3.63, 3.8) is 0 Å². The third kappa shape index (κ3) is 8.40. The molecule has 172 valence electrons. The normalized spacial score (nSPS) is 14.8. The van der Waals surface area contributed by atoms with Crippen molar-refractivity contribution in [2.45, 2.75) is 25.8 Å². The molecule has 1 aliphatic rings. The van der Waals surface area contributed by atoms with E-state index in [2.05, 4.69) is 44.7 Å². The van der Waals surface area contributed by atoms with Gasteiger partial charge in [0.1, 0.15) is 5.82 Å². The molecule has 0 aliphatic carbocycles. The van der Waals surface area contributed by atoms with Crippen molar-refractivity contribution in [3.05, 3.63) is 71.5 Å². The van der Waals surface area contributed by atoms with Gasteiger partial charge in [-0.15, -0.1) is 0 Å². The second kappa shape index (κ2) is 12.9. The Bertz CT molecular complexity index is 837. The summed E-state index contributed by atoms with van der Waals surface area (Å²) in [6.07, 6.45) is 1.88. The van der Waals surface area contributed by atoms with Crippen LogP contribution in [0.25, 0.3) is 0 Å². The molecule has 7 heteroatoms. The minimum Gasteiger partial charge on any atom is -0.356 e. The molecule has 2 aromatic carbocycles. The molecule has 1 saturated heterocycles. The third-order valence-electron chi connectivity index (χ3n) is 5.66. The molecule has 0 spiro atoms. The predicted molar refractivity (Wildman–Crippen MR) is 124 cm³/mol. The lowest BCUT2D eigenvalue weighted by atomic mass is 10.2. The first kappa shape index (κ1) is 23.9. The fourth-order valence-corrected chi connectivity index (χ4v) is 3.79. The second-order valence-electron chi connectivity index (χ2n) is 8.17. The highest BCUT2D eigenvalue weighted by Gasteiger charge is 2.16. The van der Waals surface area contributed by atoms with Crippen LogP contribution < -0.4 is 10.6 Å². The van der Waals surface area contributed by atoms with Crippen molar-refractivity contribution in [2.75, 3.05) is 45.8 Å². The first-order valence-electron chi connectivity index (χ1n) is 11.4. The van der Waals surface area contributed by atoms with Crippen LogP contribution in [0, 0.1) is 5.82 Å². The molecule has 0 bridgehead atoms. The summed E-state index contributed by atoms with van der Waals surface area (Å²) in [5.74, 6) is -0.619. The van der Waals surface area contributed by atoms with Gasteiger partial charge in [0, 0.05) is 57.8 Å². The standard InChI is InChI=1S/C25H33FN4O2/c26-23-11-9-22(10-12-23)25(32)28-13-4-8-24(31)27-14-5-15-29-16-18-30(19-17-29)20-21-6-2-1-3-7-21/h1-3,6-7,9-12H,4-5,8,13-20H2,(H,27,31)(H,28,32). The van der Waals surface area contributed by atoms with Crippen molar-refractivity contribution in [1.29, 1.82) is 0 Å². The summed E-state index contributed by atoms with van der Waals surface area (Å²) < 4.78 is 12.9. The number of nitrogens with zero attached hydrogens (tertiary/aromatic N) is 2.